The number of rotatable bonds is 2. The maximum atomic E-state index is 4.02. The highest BCUT2D eigenvalue weighted by molar-refractivity contribution is 6.44. The molecule has 0 aliphatic heterocycles. The molecule has 0 atom stereocenters. The average molecular weight is 162 g/mol. The SMILES string of the molecule is C=[SiH]C(C)(C)c1ccccc1. The van der Waals surface area contributed by atoms with Gasteiger partial charge in [-0.15, -0.1) is 6.17 Å². The summed E-state index contributed by atoms with van der Waals surface area (Å²) in [5.74, 6) is 0. The van der Waals surface area contributed by atoms with Gasteiger partial charge < -0.3 is 0 Å². The van der Waals surface area contributed by atoms with E-state index in [4.69, 9.17) is 0 Å². The smallest absolute Gasteiger partial charge is 0.00406 e. The molecule has 0 spiro atoms. The van der Waals surface area contributed by atoms with Crippen LogP contribution in [0.15, 0.2) is 30.3 Å². The standard InChI is InChI=1S/C10H14Si/c1-10(2,11-3)9-7-5-4-6-8-9/h4-8,11H,3H2,1-2H3. The Balaban J connectivity index is 3.02. The van der Waals surface area contributed by atoms with Crippen LogP contribution < -0.4 is 0 Å². The number of hydrogen-bond acceptors (Lipinski definition) is 0. The van der Waals surface area contributed by atoms with Crippen molar-refractivity contribution < 1.29 is 0 Å². The topological polar surface area (TPSA) is 0 Å². The molecule has 0 unspecified atom stereocenters. The van der Waals surface area contributed by atoms with E-state index in [1.807, 2.05) is 0 Å². The van der Waals surface area contributed by atoms with Gasteiger partial charge in [0.2, 0.25) is 0 Å². The van der Waals surface area contributed by atoms with E-state index in [9.17, 15) is 0 Å². The minimum atomic E-state index is 0.253. The molecule has 0 saturated carbocycles. The van der Waals surface area contributed by atoms with Crippen LogP contribution in [0.25, 0.3) is 0 Å². The normalized spacial score (nSPS) is 11.1. The number of benzene rings is 1. The zero-order valence-corrected chi connectivity index (χ0v) is 8.33. The highest BCUT2D eigenvalue weighted by Gasteiger charge is 2.14. The Labute approximate surface area is 70.7 Å². The third-order valence-electron chi connectivity index (χ3n) is 2.03. The van der Waals surface area contributed by atoms with Gasteiger partial charge in [0.1, 0.15) is 0 Å². The van der Waals surface area contributed by atoms with Gasteiger partial charge in [0, 0.05) is 0 Å². The third kappa shape index (κ3) is 1.87. The maximum Gasteiger partial charge on any atom is -0.00406 e. The van der Waals surface area contributed by atoms with E-state index in [1.54, 1.807) is 0 Å². The van der Waals surface area contributed by atoms with Crippen LogP contribution in [0.4, 0.5) is 0 Å². The summed E-state index contributed by atoms with van der Waals surface area (Å²) in [6.07, 6.45) is 4.02. The third-order valence-corrected chi connectivity index (χ3v) is 3.38. The monoisotopic (exact) mass is 162 g/mol. The van der Waals surface area contributed by atoms with Crippen LogP contribution in [0.1, 0.15) is 19.4 Å². The molecule has 1 rings (SSSR count). The summed E-state index contributed by atoms with van der Waals surface area (Å²) in [5, 5.41) is 0.307. The summed E-state index contributed by atoms with van der Waals surface area (Å²) >= 11 is 0. The second kappa shape index (κ2) is 3.14. The fourth-order valence-corrected chi connectivity index (χ4v) is 1.41. The summed E-state index contributed by atoms with van der Waals surface area (Å²) in [6.45, 7) is 4.51. The molecule has 0 nitrogen and oxygen atoms in total. The van der Waals surface area contributed by atoms with E-state index in [1.165, 1.54) is 5.56 Å². The molecular formula is C10H14Si. The van der Waals surface area contributed by atoms with E-state index < -0.39 is 0 Å². The Morgan fingerprint density at radius 1 is 1.18 bits per heavy atom. The van der Waals surface area contributed by atoms with Gasteiger partial charge >= 0.3 is 0 Å². The predicted octanol–water partition coefficient (Wildman–Crippen LogP) is 1.79. The molecule has 1 aromatic carbocycles. The Morgan fingerprint density at radius 2 is 1.73 bits per heavy atom. The van der Waals surface area contributed by atoms with Gasteiger partial charge in [-0.25, -0.2) is 0 Å². The molecule has 0 aliphatic rings. The van der Waals surface area contributed by atoms with Crippen LogP contribution in [0.2, 0.25) is 0 Å². The molecule has 0 fully saturated rings. The first-order chi connectivity index (χ1) is 5.17. The molecule has 0 aliphatic carbocycles. The molecule has 11 heavy (non-hydrogen) atoms. The first-order valence-electron chi connectivity index (χ1n) is 3.86. The zero-order valence-electron chi connectivity index (χ0n) is 7.17. The fraction of sp³-hybridized carbons (Fsp3) is 0.300. The highest BCUT2D eigenvalue weighted by atomic mass is 28.2. The Morgan fingerprint density at radius 3 is 2.18 bits per heavy atom. The van der Waals surface area contributed by atoms with Gasteiger partial charge in [-0.3, -0.25) is 0 Å². The Hall–Kier alpha value is -0.693. The Bertz CT molecular complexity index is 236. The van der Waals surface area contributed by atoms with E-state index in [0.29, 0.717) is 5.04 Å². The van der Waals surface area contributed by atoms with Crippen LogP contribution in [0, 0.1) is 0 Å². The van der Waals surface area contributed by atoms with E-state index in [-0.39, 0.29) is 9.13 Å². The summed E-state index contributed by atoms with van der Waals surface area (Å²) in [4.78, 5) is 0. The first-order valence-corrected chi connectivity index (χ1v) is 5.25. The average Bonchev–Trinajstić information content (AvgIpc) is 2.06. The molecular weight excluding hydrogens is 148 g/mol. The van der Waals surface area contributed by atoms with Gasteiger partial charge in [0.05, 0.1) is 0 Å². The molecule has 0 N–H and O–H groups in total. The van der Waals surface area contributed by atoms with Crippen molar-refractivity contribution in [2.45, 2.75) is 18.9 Å². The summed E-state index contributed by atoms with van der Waals surface area (Å²) in [6, 6.07) is 10.6. The lowest BCUT2D eigenvalue weighted by Gasteiger charge is -2.19. The van der Waals surface area contributed by atoms with E-state index in [2.05, 4.69) is 50.4 Å². The van der Waals surface area contributed by atoms with Crippen molar-refractivity contribution in [2.75, 3.05) is 0 Å². The van der Waals surface area contributed by atoms with Gasteiger partial charge in [-0.1, -0.05) is 44.2 Å². The summed E-state index contributed by atoms with van der Waals surface area (Å²) < 4.78 is 0. The molecule has 0 aromatic heterocycles. The van der Waals surface area contributed by atoms with Crippen molar-refractivity contribution in [3.63, 3.8) is 0 Å². The summed E-state index contributed by atoms with van der Waals surface area (Å²) in [5.41, 5.74) is 1.41. The van der Waals surface area contributed by atoms with Gasteiger partial charge in [0.15, 0.2) is 0 Å². The van der Waals surface area contributed by atoms with Crippen LogP contribution in [0.5, 0.6) is 0 Å². The largest absolute Gasteiger partial charge is 0.120 e. The highest BCUT2D eigenvalue weighted by Crippen LogP contribution is 2.18. The molecule has 1 heteroatoms. The lowest BCUT2D eigenvalue weighted by atomic mass is 10.0. The van der Waals surface area contributed by atoms with Crippen molar-refractivity contribution in [3.8, 4) is 0 Å². The second-order valence-electron chi connectivity index (χ2n) is 3.29. The maximum absolute atomic E-state index is 4.02. The van der Waals surface area contributed by atoms with Gasteiger partial charge in [-0.2, -0.15) is 0 Å². The Kier molecular flexibility index (Phi) is 2.40. The summed E-state index contributed by atoms with van der Waals surface area (Å²) in [7, 11) is 0.253. The van der Waals surface area contributed by atoms with Crippen molar-refractivity contribution in [1.82, 2.24) is 0 Å². The van der Waals surface area contributed by atoms with Crippen molar-refractivity contribution in [1.29, 1.82) is 0 Å². The van der Waals surface area contributed by atoms with E-state index in [0.717, 1.165) is 0 Å². The molecule has 1 aromatic rings. The molecule has 0 amide bonds. The first kappa shape index (κ1) is 8.40. The van der Waals surface area contributed by atoms with Crippen LogP contribution in [-0.2, 0) is 5.04 Å². The molecule has 0 bridgehead atoms. The van der Waals surface area contributed by atoms with E-state index >= 15 is 0 Å². The minimum Gasteiger partial charge on any atom is -0.120 e. The van der Waals surface area contributed by atoms with Gasteiger partial charge in [-0.05, 0) is 19.7 Å². The minimum absolute atomic E-state index is 0.253. The lowest BCUT2D eigenvalue weighted by Crippen LogP contribution is -2.20. The number of hydrogen-bond donors (Lipinski definition) is 0. The van der Waals surface area contributed by atoms with Crippen molar-refractivity contribution >= 4 is 15.3 Å². The van der Waals surface area contributed by atoms with Crippen molar-refractivity contribution in [3.05, 3.63) is 35.9 Å². The molecule has 0 saturated heterocycles. The fourth-order valence-electron chi connectivity index (χ4n) is 0.986. The lowest BCUT2D eigenvalue weighted by molar-refractivity contribution is 0.762. The van der Waals surface area contributed by atoms with Crippen molar-refractivity contribution in [2.24, 2.45) is 0 Å². The molecule has 0 radical (unpaired) electrons. The molecule has 58 valence electrons. The van der Waals surface area contributed by atoms with Crippen LogP contribution >= 0.6 is 0 Å². The molecule has 0 heterocycles. The van der Waals surface area contributed by atoms with Crippen LogP contribution in [0.3, 0.4) is 0 Å². The quantitative estimate of drug-likeness (QED) is 0.582. The van der Waals surface area contributed by atoms with Crippen LogP contribution in [-0.4, -0.2) is 15.3 Å². The second-order valence-corrected chi connectivity index (χ2v) is 5.14. The zero-order chi connectivity index (χ0) is 8.32. The predicted molar refractivity (Wildman–Crippen MR) is 53.7 cm³/mol. The van der Waals surface area contributed by atoms with Gasteiger partial charge in [0.25, 0.3) is 0 Å².